The molecule has 4 heteroatoms. The van der Waals surface area contributed by atoms with Crippen molar-refractivity contribution in [3.8, 4) is 0 Å². The van der Waals surface area contributed by atoms with E-state index >= 15 is 0 Å². The molecule has 1 saturated heterocycles. The Balaban J connectivity index is 2.06. The van der Waals surface area contributed by atoms with Crippen LogP contribution < -0.4 is 4.90 Å². The van der Waals surface area contributed by atoms with E-state index in [1.807, 2.05) is 19.3 Å². The molecule has 0 N–H and O–H groups in total. The van der Waals surface area contributed by atoms with Crippen LogP contribution in [0.1, 0.15) is 12.0 Å². The van der Waals surface area contributed by atoms with Gasteiger partial charge in [-0.15, -0.1) is 0 Å². The van der Waals surface area contributed by atoms with Crippen molar-refractivity contribution in [2.45, 2.75) is 13.3 Å². The van der Waals surface area contributed by atoms with Crippen LogP contribution in [-0.4, -0.2) is 28.4 Å². The molecule has 1 fully saturated rings. The molecule has 76 valence electrons. The molecule has 0 spiro atoms. The predicted octanol–water partition coefficient (Wildman–Crippen LogP) is 2.01. The quantitative estimate of drug-likeness (QED) is 0.758. The van der Waals surface area contributed by atoms with Gasteiger partial charge in [-0.3, -0.25) is 0 Å². The van der Waals surface area contributed by atoms with Gasteiger partial charge in [-0.1, -0.05) is 15.9 Å². The highest BCUT2D eigenvalue weighted by Gasteiger charge is 2.22. The van der Waals surface area contributed by atoms with Gasteiger partial charge >= 0.3 is 0 Å². The summed E-state index contributed by atoms with van der Waals surface area (Å²) in [5, 5.41) is 1.08. The van der Waals surface area contributed by atoms with Crippen molar-refractivity contribution in [2.75, 3.05) is 23.3 Å². The predicted molar refractivity (Wildman–Crippen MR) is 60.9 cm³/mol. The molecule has 0 bridgehead atoms. The van der Waals surface area contributed by atoms with Gasteiger partial charge in [0.25, 0.3) is 0 Å². The summed E-state index contributed by atoms with van der Waals surface area (Å²) < 4.78 is 0. The van der Waals surface area contributed by atoms with Crippen LogP contribution >= 0.6 is 15.9 Å². The van der Waals surface area contributed by atoms with Crippen LogP contribution in [0.2, 0.25) is 0 Å². The molecule has 1 aliphatic heterocycles. The molecule has 1 unspecified atom stereocenters. The molecule has 1 atom stereocenters. The first-order valence-corrected chi connectivity index (χ1v) is 6.01. The maximum Gasteiger partial charge on any atom is 0.225 e. The second-order valence-corrected chi connectivity index (χ2v) is 4.46. The first kappa shape index (κ1) is 9.90. The summed E-state index contributed by atoms with van der Waals surface area (Å²) in [6.07, 6.45) is 5.00. The third-order valence-corrected chi connectivity index (χ3v) is 3.47. The Labute approximate surface area is 92.7 Å². The number of aromatic nitrogens is 2. The van der Waals surface area contributed by atoms with Gasteiger partial charge in [0, 0.05) is 30.8 Å². The number of hydrogen-bond acceptors (Lipinski definition) is 3. The SMILES string of the molecule is Cc1cnc(N2CCC(CBr)C2)nc1. The summed E-state index contributed by atoms with van der Waals surface area (Å²) in [5.74, 6) is 1.62. The number of rotatable bonds is 2. The molecule has 0 radical (unpaired) electrons. The maximum absolute atomic E-state index is 4.33. The minimum absolute atomic E-state index is 0.750. The number of halogens is 1. The first-order valence-electron chi connectivity index (χ1n) is 4.89. The van der Waals surface area contributed by atoms with Crippen molar-refractivity contribution < 1.29 is 0 Å². The minimum Gasteiger partial charge on any atom is -0.341 e. The molecular weight excluding hydrogens is 242 g/mol. The molecule has 14 heavy (non-hydrogen) atoms. The lowest BCUT2D eigenvalue weighted by atomic mass is 10.2. The van der Waals surface area contributed by atoms with E-state index in [1.54, 1.807) is 0 Å². The van der Waals surface area contributed by atoms with Gasteiger partial charge in [-0.25, -0.2) is 9.97 Å². The van der Waals surface area contributed by atoms with Crippen molar-refractivity contribution in [3.63, 3.8) is 0 Å². The zero-order valence-electron chi connectivity index (χ0n) is 8.28. The van der Waals surface area contributed by atoms with Crippen LogP contribution in [0.15, 0.2) is 12.4 Å². The fraction of sp³-hybridized carbons (Fsp3) is 0.600. The standard InChI is InChI=1S/C10H14BrN3/c1-8-5-12-10(13-6-8)14-3-2-9(4-11)7-14/h5-6,9H,2-4,7H2,1H3. The molecule has 1 aromatic rings. The number of anilines is 1. The van der Waals surface area contributed by atoms with Gasteiger partial charge in [0.2, 0.25) is 5.95 Å². The number of hydrogen-bond donors (Lipinski definition) is 0. The van der Waals surface area contributed by atoms with Gasteiger partial charge in [0.1, 0.15) is 0 Å². The van der Waals surface area contributed by atoms with Crippen LogP contribution in [0, 0.1) is 12.8 Å². The van der Waals surface area contributed by atoms with E-state index in [0.717, 1.165) is 35.8 Å². The maximum atomic E-state index is 4.33. The molecule has 0 aliphatic carbocycles. The van der Waals surface area contributed by atoms with E-state index in [2.05, 4.69) is 30.8 Å². The van der Waals surface area contributed by atoms with Crippen molar-refractivity contribution in [2.24, 2.45) is 5.92 Å². The lowest BCUT2D eigenvalue weighted by molar-refractivity contribution is 0.674. The van der Waals surface area contributed by atoms with E-state index in [9.17, 15) is 0 Å². The van der Waals surface area contributed by atoms with Crippen LogP contribution in [0.3, 0.4) is 0 Å². The molecule has 0 aromatic carbocycles. The van der Waals surface area contributed by atoms with Crippen molar-refractivity contribution in [3.05, 3.63) is 18.0 Å². The van der Waals surface area contributed by atoms with E-state index in [4.69, 9.17) is 0 Å². The highest BCUT2D eigenvalue weighted by atomic mass is 79.9. The summed E-state index contributed by atoms with van der Waals surface area (Å²) in [6.45, 7) is 4.17. The van der Waals surface area contributed by atoms with Gasteiger partial charge in [-0.2, -0.15) is 0 Å². The highest BCUT2D eigenvalue weighted by molar-refractivity contribution is 9.09. The van der Waals surface area contributed by atoms with E-state index < -0.39 is 0 Å². The highest BCUT2D eigenvalue weighted by Crippen LogP contribution is 2.21. The Bertz CT molecular complexity index is 299. The number of alkyl halides is 1. The van der Waals surface area contributed by atoms with Crippen LogP contribution in [0.25, 0.3) is 0 Å². The Morgan fingerprint density at radius 2 is 2.21 bits per heavy atom. The summed E-state index contributed by atoms with van der Waals surface area (Å²) in [6, 6.07) is 0. The smallest absolute Gasteiger partial charge is 0.225 e. The normalized spacial score (nSPS) is 21.6. The summed E-state index contributed by atoms with van der Waals surface area (Å²) in [4.78, 5) is 10.9. The second-order valence-electron chi connectivity index (χ2n) is 3.82. The lowest BCUT2D eigenvalue weighted by Crippen LogP contribution is -2.22. The molecular formula is C10H14BrN3. The molecule has 3 nitrogen and oxygen atoms in total. The number of aryl methyl sites for hydroxylation is 1. The summed E-state index contributed by atoms with van der Waals surface area (Å²) >= 11 is 3.52. The Morgan fingerprint density at radius 1 is 1.50 bits per heavy atom. The van der Waals surface area contributed by atoms with E-state index in [-0.39, 0.29) is 0 Å². The lowest BCUT2D eigenvalue weighted by Gasteiger charge is -2.15. The van der Waals surface area contributed by atoms with Gasteiger partial charge < -0.3 is 4.90 Å². The van der Waals surface area contributed by atoms with Crippen molar-refractivity contribution in [1.82, 2.24) is 9.97 Å². The third-order valence-electron chi connectivity index (χ3n) is 2.55. The molecule has 2 rings (SSSR count). The summed E-state index contributed by atoms with van der Waals surface area (Å²) in [5.41, 5.74) is 1.12. The summed E-state index contributed by atoms with van der Waals surface area (Å²) in [7, 11) is 0. The van der Waals surface area contributed by atoms with Gasteiger partial charge in [0.05, 0.1) is 0 Å². The Kier molecular flexibility index (Phi) is 3.01. The largest absolute Gasteiger partial charge is 0.341 e. The first-order chi connectivity index (χ1) is 6.79. The zero-order chi connectivity index (χ0) is 9.97. The van der Waals surface area contributed by atoms with Crippen LogP contribution in [0.5, 0.6) is 0 Å². The monoisotopic (exact) mass is 255 g/mol. The van der Waals surface area contributed by atoms with E-state index in [0.29, 0.717) is 0 Å². The molecule has 1 aromatic heterocycles. The van der Waals surface area contributed by atoms with E-state index in [1.165, 1.54) is 6.42 Å². The third kappa shape index (κ3) is 2.05. The zero-order valence-corrected chi connectivity index (χ0v) is 9.87. The van der Waals surface area contributed by atoms with Crippen molar-refractivity contribution >= 4 is 21.9 Å². The topological polar surface area (TPSA) is 29.0 Å². The average molecular weight is 256 g/mol. The fourth-order valence-corrected chi connectivity index (χ4v) is 2.22. The molecule has 0 saturated carbocycles. The Morgan fingerprint density at radius 3 is 2.79 bits per heavy atom. The molecule has 2 heterocycles. The van der Waals surface area contributed by atoms with Gasteiger partial charge in [0.15, 0.2) is 0 Å². The second kappa shape index (κ2) is 4.26. The van der Waals surface area contributed by atoms with Crippen molar-refractivity contribution in [1.29, 1.82) is 0 Å². The number of nitrogens with zero attached hydrogens (tertiary/aromatic N) is 3. The van der Waals surface area contributed by atoms with Crippen LogP contribution in [0.4, 0.5) is 5.95 Å². The van der Waals surface area contributed by atoms with Crippen LogP contribution in [-0.2, 0) is 0 Å². The minimum atomic E-state index is 0.750. The molecule has 1 aliphatic rings. The average Bonchev–Trinajstić information content (AvgIpc) is 2.67. The van der Waals surface area contributed by atoms with Gasteiger partial charge in [-0.05, 0) is 24.8 Å². The molecule has 0 amide bonds. The Hall–Kier alpha value is -0.640. The fourth-order valence-electron chi connectivity index (χ4n) is 1.69.